The number of hydrogen-bond donors (Lipinski definition) is 2. The van der Waals surface area contributed by atoms with E-state index in [4.69, 9.17) is 4.98 Å². The second-order valence-corrected chi connectivity index (χ2v) is 9.82. The molecule has 3 aromatic rings. The summed E-state index contributed by atoms with van der Waals surface area (Å²) in [5.74, 6) is -0.0346. The molecule has 0 aliphatic heterocycles. The van der Waals surface area contributed by atoms with E-state index in [2.05, 4.69) is 22.5 Å². The van der Waals surface area contributed by atoms with Crippen LogP contribution in [0.3, 0.4) is 0 Å². The van der Waals surface area contributed by atoms with E-state index in [1.54, 1.807) is 24.3 Å². The Morgan fingerprint density at radius 1 is 1.03 bits per heavy atom. The van der Waals surface area contributed by atoms with E-state index in [9.17, 15) is 19.2 Å². The standard InChI is InChI=1S/C26H34N6O4S/c1-5-7-8-12-15-18-28-21-19(24(34)31(4)26(36)32(21)16-6-2)23(29-18)37-20(17-13-10-9-11-14-17)22(33)30-25(35)27-3/h9-11,13-14,20H,5-8,12,15-16H2,1-4H3,(H2,27,30,33,35). The molecule has 0 saturated heterocycles. The molecule has 1 aromatic carbocycles. The quantitative estimate of drug-likeness (QED) is 0.223. The maximum Gasteiger partial charge on any atom is 0.332 e. The van der Waals surface area contributed by atoms with Crippen LogP contribution in [0.2, 0.25) is 0 Å². The number of nitrogens with one attached hydrogen (secondary N) is 2. The Morgan fingerprint density at radius 3 is 2.41 bits per heavy atom. The molecule has 2 aromatic heterocycles. The van der Waals surface area contributed by atoms with E-state index in [1.807, 2.05) is 13.0 Å². The summed E-state index contributed by atoms with van der Waals surface area (Å²) in [4.78, 5) is 60.8. The second kappa shape index (κ2) is 13.2. The summed E-state index contributed by atoms with van der Waals surface area (Å²) in [7, 11) is 2.85. The van der Waals surface area contributed by atoms with Gasteiger partial charge in [-0.3, -0.25) is 24.0 Å². The van der Waals surface area contributed by atoms with Gasteiger partial charge in [0.05, 0.1) is 0 Å². The largest absolute Gasteiger partial charge is 0.341 e. The molecule has 198 valence electrons. The van der Waals surface area contributed by atoms with Crippen LogP contribution in [0.25, 0.3) is 11.0 Å². The minimum Gasteiger partial charge on any atom is -0.341 e. The zero-order chi connectivity index (χ0) is 26.9. The number of thioether (sulfide) groups is 1. The first-order valence-electron chi connectivity index (χ1n) is 12.6. The zero-order valence-electron chi connectivity index (χ0n) is 21.7. The number of fused-ring (bicyclic) bond motifs is 1. The fourth-order valence-electron chi connectivity index (χ4n) is 3.97. The smallest absolute Gasteiger partial charge is 0.332 e. The van der Waals surface area contributed by atoms with Crippen LogP contribution in [0.1, 0.15) is 62.6 Å². The van der Waals surface area contributed by atoms with E-state index < -0.39 is 28.4 Å². The van der Waals surface area contributed by atoms with E-state index in [-0.39, 0.29) is 11.0 Å². The number of rotatable bonds is 11. The van der Waals surface area contributed by atoms with Crippen LogP contribution in [0.5, 0.6) is 0 Å². The van der Waals surface area contributed by atoms with Crippen LogP contribution >= 0.6 is 11.8 Å². The molecule has 0 spiro atoms. The first-order valence-corrected chi connectivity index (χ1v) is 13.4. The van der Waals surface area contributed by atoms with Crippen molar-refractivity contribution < 1.29 is 9.59 Å². The van der Waals surface area contributed by atoms with E-state index in [0.717, 1.165) is 42.0 Å². The van der Waals surface area contributed by atoms with Crippen molar-refractivity contribution in [2.24, 2.45) is 7.05 Å². The van der Waals surface area contributed by atoms with Crippen LogP contribution < -0.4 is 21.9 Å². The first-order chi connectivity index (χ1) is 17.8. The maximum atomic E-state index is 13.3. The molecular formula is C26H34N6O4S. The zero-order valence-corrected chi connectivity index (χ0v) is 22.6. The van der Waals surface area contributed by atoms with E-state index >= 15 is 0 Å². The van der Waals surface area contributed by atoms with E-state index in [0.29, 0.717) is 35.8 Å². The third-order valence-corrected chi connectivity index (χ3v) is 7.17. The van der Waals surface area contributed by atoms with Gasteiger partial charge in [0, 0.05) is 27.1 Å². The number of unbranched alkanes of at least 4 members (excludes halogenated alkanes) is 3. The minimum absolute atomic E-state index is 0.187. The fourth-order valence-corrected chi connectivity index (χ4v) is 5.10. The summed E-state index contributed by atoms with van der Waals surface area (Å²) in [5, 5.41) is 4.34. The highest BCUT2D eigenvalue weighted by molar-refractivity contribution is 8.00. The number of carbonyl (C=O) groups excluding carboxylic acids is 2. The molecule has 0 bridgehead atoms. The van der Waals surface area contributed by atoms with Crippen molar-refractivity contribution in [3.8, 4) is 0 Å². The summed E-state index contributed by atoms with van der Waals surface area (Å²) >= 11 is 1.07. The van der Waals surface area contributed by atoms with Crippen molar-refractivity contribution in [3.63, 3.8) is 0 Å². The number of carbonyl (C=O) groups is 2. The molecule has 10 nitrogen and oxygen atoms in total. The van der Waals surface area contributed by atoms with Gasteiger partial charge in [-0.05, 0) is 18.4 Å². The molecule has 2 N–H and O–H groups in total. The maximum absolute atomic E-state index is 13.3. The Kier molecular flexibility index (Phi) is 10.0. The van der Waals surface area contributed by atoms with Crippen molar-refractivity contribution in [2.45, 2.75) is 69.2 Å². The van der Waals surface area contributed by atoms with Crippen LogP contribution in [-0.4, -0.2) is 38.1 Å². The summed E-state index contributed by atoms with van der Waals surface area (Å²) in [5.41, 5.74) is -0.0471. The van der Waals surface area contributed by atoms with Gasteiger partial charge in [-0.25, -0.2) is 19.6 Å². The summed E-state index contributed by atoms with van der Waals surface area (Å²) in [6, 6.07) is 8.34. The second-order valence-electron chi connectivity index (χ2n) is 8.73. The molecule has 0 aliphatic rings. The number of aromatic nitrogens is 4. The molecule has 1 atom stereocenters. The lowest BCUT2D eigenvalue weighted by Gasteiger charge is -2.18. The lowest BCUT2D eigenvalue weighted by atomic mass is 10.1. The predicted molar refractivity (Wildman–Crippen MR) is 145 cm³/mol. The van der Waals surface area contributed by atoms with Crippen LogP contribution in [-0.2, 0) is 24.8 Å². The number of aryl methyl sites for hydroxylation is 2. The van der Waals surface area contributed by atoms with Gasteiger partial charge in [0.1, 0.15) is 21.5 Å². The van der Waals surface area contributed by atoms with Crippen molar-refractivity contribution in [3.05, 3.63) is 62.6 Å². The highest BCUT2D eigenvalue weighted by atomic mass is 32.2. The number of imide groups is 1. The highest BCUT2D eigenvalue weighted by Gasteiger charge is 2.27. The molecule has 0 aliphatic carbocycles. The molecule has 0 radical (unpaired) electrons. The van der Waals surface area contributed by atoms with Crippen LogP contribution in [0.15, 0.2) is 44.9 Å². The Hall–Kier alpha value is -3.47. The van der Waals surface area contributed by atoms with Gasteiger partial charge < -0.3 is 5.32 Å². The number of amides is 3. The topological polar surface area (TPSA) is 128 Å². The third-order valence-electron chi connectivity index (χ3n) is 5.93. The highest BCUT2D eigenvalue weighted by Crippen LogP contribution is 2.37. The third kappa shape index (κ3) is 6.65. The molecular weight excluding hydrogens is 492 g/mol. The molecule has 3 amide bonds. The number of nitrogens with zero attached hydrogens (tertiary/aromatic N) is 4. The van der Waals surface area contributed by atoms with Gasteiger partial charge in [-0.1, -0.05) is 75.2 Å². The average molecular weight is 527 g/mol. The SMILES string of the molecule is CCCCCCc1nc(SC(C(=O)NC(=O)NC)c2ccccc2)c2c(=O)n(C)c(=O)n(CCC)c2n1. The van der Waals surface area contributed by atoms with Gasteiger partial charge in [0.25, 0.3) is 5.56 Å². The van der Waals surface area contributed by atoms with Gasteiger partial charge in [0.15, 0.2) is 5.65 Å². The number of hydrogen-bond acceptors (Lipinski definition) is 7. The van der Waals surface area contributed by atoms with Gasteiger partial charge in [-0.15, -0.1) is 0 Å². The predicted octanol–water partition coefficient (Wildman–Crippen LogP) is 3.31. The van der Waals surface area contributed by atoms with Gasteiger partial charge >= 0.3 is 11.7 Å². The van der Waals surface area contributed by atoms with Gasteiger partial charge in [0.2, 0.25) is 5.91 Å². The van der Waals surface area contributed by atoms with Crippen molar-refractivity contribution >= 4 is 34.7 Å². The Labute approximate surface area is 219 Å². The van der Waals surface area contributed by atoms with Crippen molar-refractivity contribution in [1.82, 2.24) is 29.7 Å². The molecule has 1 unspecified atom stereocenters. The van der Waals surface area contributed by atoms with Crippen molar-refractivity contribution in [1.29, 1.82) is 0 Å². The van der Waals surface area contributed by atoms with Crippen LogP contribution in [0.4, 0.5) is 4.79 Å². The molecule has 2 heterocycles. The molecule has 11 heteroatoms. The number of benzene rings is 1. The summed E-state index contributed by atoms with van der Waals surface area (Å²) in [6.45, 7) is 4.47. The monoisotopic (exact) mass is 526 g/mol. The number of urea groups is 1. The van der Waals surface area contributed by atoms with Gasteiger partial charge in [-0.2, -0.15) is 0 Å². The Balaban J connectivity index is 2.21. The molecule has 0 fully saturated rings. The minimum atomic E-state index is -0.874. The van der Waals surface area contributed by atoms with Crippen molar-refractivity contribution in [2.75, 3.05) is 7.05 Å². The fraction of sp³-hybridized carbons (Fsp3) is 0.462. The average Bonchev–Trinajstić information content (AvgIpc) is 2.90. The normalized spacial score (nSPS) is 11.9. The molecule has 37 heavy (non-hydrogen) atoms. The summed E-state index contributed by atoms with van der Waals surface area (Å²) in [6.07, 6.45) is 5.31. The lowest BCUT2D eigenvalue weighted by Crippen LogP contribution is -2.40. The summed E-state index contributed by atoms with van der Waals surface area (Å²) < 4.78 is 2.55. The van der Waals surface area contributed by atoms with E-state index in [1.165, 1.54) is 18.7 Å². The molecule has 3 rings (SSSR count). The Morgan fingerprint density at radius 2 is 1.76 bits per heavy atom. The van der Waals surface area contributed by atoms with Crippen LogP contribution in [0, 0.1) is 0 Å². The first kappa shape index (κ1) is 28.1. The lowest BCUT2D eigenvalue weighted by molar-refractivity contribution is -0.119. The molecule has 0 saturated carbocycles. The Bertz CT molecular complexity index is 1370.